The Kier molecular flexibility index (Phi) is 4.85. The van der Waals surface area contributed by atoms with Crippen LogP contribution in [0.25, 0.3) is 22.3 Å². The highest BCUT2D eigenvalue weighted by Crippen LogP contribution is 2.44. The molecule has 0 bridgehead atoms. The summed E-state index contributed by atoms with van der Waals surface area (Å²) in [6.45, 7) is 3.86. The van der Waals surface area contributed by atoms with Crippen LogP contribution in [0.15, 0.2) is 65.6 Å². The van der Waals surface area contributed by atoms with Gasteiger partial charge in [-0.3, -0.25) is 4.55 Å². The van der Waals surface area contributed by atoms with Crippen molar-refractivity contribution in [1.82, 2.24) is 0 Å². The zero-order valence-corrected chi connectivity index (χ0v) is 15.7. The van der Waals surface area contributed by atoms with E-state index in [9.17, 15) is 13.0 Å². The van der Waals surface area contributed by atoms with Gasteiger partial charge in [-0.15, -0.1) is 0 Å². The molecule has 0 radical (unpaired) electrons. The average Bonchev–Trinajstić information content (AvgIpc) is 2.61. The molecule has 0 fully saturated rings. The van der Waals surface area contributed by atoms with Crippen molar-refractivity contribution in [1.29, 1.82) is 0 Å². The maximum absolute atomic E-state index is 12.1. The van der Waals surface area contributed by atoms with E-state index >= 15 is 0 Å². The molecular formula is C21H20O4S. The number of ether oxygens (including phenoxy) is 1. The smallest absolute Gasteiger partial charge is 0.295 e. The van der Waals surface area contributed by atoms with Crippen LogP contribution >= 0.6 is 0 Å². The van der Waals surface area contributed by atoms with Crippen LogP contribution in [-0.2, 0) is 10.1 Å². The van der Waals surface area contributed by atoms with Gasteiger partial charge in [0.25, 0.3) is 10.1 Å². The van der Waals surface area contributed by atoms with Crippen LogP contribution in [0.1, 0.15) is 11.1 Å². The molecule has 0 aliphatic carbocycles. The molecule has 0 amide bonds. The Morgan fingerprint density at radius 3 is 1.73 bits per heavy atom. The van der Waals surface area contributed by atoms with Gasteiger partial charge in [-0.1, -0.05) is 48.5 Å². The van der Waals surface area contributed by atoms with Crippen molar-refractivity contribution in [3.63, 3.8) is 0 Å². The average molecular weight is 368 g/mol. The van der Waals surface area contributed by atoms with Crippen LogP contribution in [0.3, 0.4) is 0 Å². The summed E-state index contributed by atoms with van der Waals surface area (Å²) in [5, 5.41) is 0. The summed E-state index contributed by atoms with van der Waals surface area (Å²) in [4.78, 5) is -0.133. The lowest BCUT2D eigenvalue weighted by Gasteiger charge is -2.20. The van der Waals surface area contributed by atoms with Crippen LogP contribution in [0.2, 0.25) is 0 Å². The summed E-state index contributed by atoms with van der Waals surface area (Å²) >= 11 is 0. The van der Waals surface area contributed by atoms with Gasteiger partial charge in [0.2, 0.25) is 0 Å². The molecule has 0 aliphatic rings. The molecule has 3 aromatic carbocycles. The Morgan fingerprint density at radius 1 is 0.769 bits per heavy atom. The molecule has 1 N–H and O–H groups in total. The van der Waals surface area contributed by atoms with Gasteiger partial charge >= 0.3 is 0 Å². The van der Waals surface area contributed by atoms with Crippen LogP contribution in [0.4, 0.5) is 0 Å². The van der Waals surface area contributed by atoms with E-state index in [0.29, 0.717) is 16.9 Å². The van der Waals surface area contributed by atoms with Gasteiger partial charge in [-0.2, -0.15) is 8.42 Å². The lowest BCUT2D eigenvalue weighted by molar-refractivity contribution is 0.416. The number of hydrogen-bond acceptors (Lipinski definition) is 3. The van der Waals surface area contributed by atoms with Gasteiger partial charge in [0.05, 0.1) is 7.11 Å². The molecule has 26 heavy (non-hydrogen) atoms. The second-order valence-corrected chi connectivity index (χ2v) is 7.51. The second kappa shape index (κ2) is 6.94. The minimum Gasteiger partial charge on any atom is -0.496 e. The van der Waals surface area contributed by atoms with E-state index in [1.54, 1.807) is 13.2 Å². The molecule has 0 saturated heterocycles. The molecule has 5 heteroatoms. The van der Waals surface area contributed by atoms with Crippen molar-refractivity contribution >= 4 is 10.1 Å². The zero-order valence-electron chi connectivity index (χ0n) is 14.9. The van der Waals surface area contributed by atoms with Crippen molar-refractivity contribution in [2.45, 2.75) is 18.7 Å². The Bertz CT molecular complexity index is 1070. The predicted octanol–water partition coefficient (Wildman–Crippen LogP) is 4.89. The first-order valence-corrected chi connectivity index (χ1v) is 9.59. The molecule has 4 nitrogen and oxygen atoms in total. The normalized spacial score (nSPS) is 11.4. The standard InChI is InChI=1S/C21H20O4S/c1-14-8-4-6-10-16(14)20-18(25-3)12-13-19(26(22,23)24)21(20)17-11-7-5-9-15(17)2/h4-13H,1-3H3,(H,22,23,24). The monoisotopic (exact) mass is 368 g/mol. The molecule has 0 spiro atoms. The van der Waals surface area contributed by atoms with Crippen molar-refractivity contribution in [2.75, 3.05) is 7.11 Å². The van der Waals surface area contributed by atoms with Crippen molar-refractivity contribution in [3.8, 4) is 28.0 Å². The number of hydrogen-bond donors (Lipinski definition) is 1. The molecule has 0 atom stereocenters. The Balaban J connectivity index is 2.54. The maximum atomic E-state index is 12.1. The van der Waals surface area contributed by atoms with E-state index in [0.717, 1.165) is 22.3 Å². The van der Waals surface area contributed by atoms with E-state index in [1.165, 1.54) is 6.07 Å². The predicted molar refractivity (Wildman–Crippen MR) is 103 cm³/mol. The van der Waals surface area contributed by atoms with Crippen LogP contribution in [-0.4, -0.2) is 20.1 Å². The Hall–Kier alpha value is -2.63. The third-order valence-electron chi connectivity index (χ3n) is 4.46. The van der Waals surface area contributed by atoms with Gasteiger partial charge < -0.3 is 4.74 Å². The highest BCUT2D eigenvalue weighted by molar-refractivity contribution is 7.86. The van der Waals surface area contributed by atoms with Crippen molar-refractivity contribution < 1.29 is 17.7 Å². The fraction of sp³-hybridized carbons (Fsp3) is 0.143. The quantitative estimate of drug-likeness (QED) is 0.666. The van der Waals surface area contributed by atoms with Crippen LogP contribution in [0, 0.1) is 13.8 Å². The van der Waals surface area contributed by atoms with E-state index < -0.39 is 10.1 Å². The lowest BCUT2D eigenvalue weighted by Crippen LogP contribution is -2.05. The Labute approximate surface area is 153 Å². The first-order valence-electron chi connectivity index (χ1n) is 8.15. The summed E-state index contributed by atoms with van der Waals surface area (Å²) in [6, 6.07) is 18.1. The second-order valence-electron chi connectivity index (χ2n) is 6.12. The number of benzene rings is 3. The molecule has 0 aromatic heterocycles. The lowest BCUT2D eigenvalue weighted by atomic mass is 9.89. The van der Waals surface area contributed by atoms with Gasteiger partial charge in [0.1, 0.15) is 10.6 Å². The third-order valence-corrected chi connectivity index (χ3v) is 5.35. The topological polar surface area (TPSA) is 63.6 Å². The number of methoxy groups -OCH3 is 1. The molecule has 0 saturated carbocycles. The summed E-state index contributed by atoms with van der Waals surface area (Å²) in [5.74, 6) is 0.546. The van der Waals surface area contributed by atoms with Crippen LogP contribution < -0.4 is 4.74 Å². The van der Waals surface area contributed by atoms with E-state index in [2.05, 4.69) is 0 Å². The summed E-state index contributed by atoms with van der Waals surface area (Å²) in [5.41, 5.74) is 4.56. The molecule has 3 rings (SSSR count). The number of rotatable bonds is 4. The fourth-order valence-electron chi connectivity index (χ4n) is 3.19. The molecule has 3 aromatic rings. The highest BCUT2D eigenvalue weighted by atomic mass is 32.2. The van der Waals surface area contributed by atoms with Crippen molar-refractivity contribution in [3.05, 3.63) is 71.8 Å². The van der Waals surface area contributed by atoms with E-state index in [1.807, 2.05) is 62.4 Å². The minimum atomic E-state index is -4.42. The highest BCUT2D eigenvalue weighted by Gasteiger charge is 2.25. The van der Waals surface area contributed by atoms with Gasteiger partial charge in [0, 0.05) is 11.1 Å². The maximum Gasteiger partial charge on any atom is 0.295 e. The summed E-state index contributed by atoms with van der Waals surface area (Å²) in [7, 11) is -2.87. The van der Waals surface area contributed by atoms with Crippen molar-refractivity contribution in [2.24, 2.45) is 0 Å². The van der Waals surface area contributed by atoms with Gasteiger partial charge in [0.15, 0.2) is 0 Å². The van der Waals surface area contributed by atoms with Crippen LogP contribution in [0.5, 0.6) is 5.75 Å². The first kappa shape index (κ1) is 18.2. The van der Waals surface area contributed by atoms with E-state index in [4.69, 9.17) is 4.74 Å². The molecular weight excluding hydrogens is 348 g/mol. The first-order chi connectivity index (χ1) is 12.3. The number of aryl methyl sites for hydroxylation is 2. The zero-order chi connectivity index (χ0) is 18.9. The summed E-state index contributed by atoms with van der Waals surface area (Å²) in [6.07, 6.45) is 0. The SMILES string of the molecule is COc1ccc(S(=O)(=O)O)c(-c2ccccc2C)c1-c1ccccc1C. The largest absolute Gasteiger partial charge is 0.496 e. The third kappa shape index (κ3) is 3.23. The molecule has 134 valence electrons. The molecule has 0 aliphatic heterocycles. The summed E-state index contributed by atoms with van der Waals surface area (Å²) < 4.78 is 39.6. The molecule has 0 unspecified atom stereocenters. The molecule has 0 heterocycles. The van der Waals surface area contributed by atoms with Gasteiger partial charge in [-0.25, -0.2) is 0 Å². The Morgan fingerprint density at radius 2 is 1.27 bits per heavy atom. The minimum absolute atomic E-state index is 0.133. The van der Waals surface area contributed by atoms with E-state index in [-0.39, 0.29) is 4.90 Å². The van der Waals surface area contributed by atoms with Gasteiger partial charge in [-0.05, 0) is 48.2 Å². The fourth-order valence-corrected chi connectivity index (χ4v) is 3.90.